The second-order valence-corrected chi connectivity index (χ2v) is 10.4. The molecule has 0 unspecified atom stereocenters. The monoisotopic (exact) mass is 597 g/mol. The van der Waals surface area contributed by atoms with Crippen molar-refractivity contribution in [3.8, 4) is 11.8 Å². The molecule has 172 valence electrons. The van der Waals surface area contributed by atoms with E-state index in [4.69, 9.17) is 4.74 Å². The molecule has 0 radical (unpaired) electrons. The molecule has 1 atom stereocenters. The van der Waals surface area contributed by atoms with Crippen molar-refractivity contribution in [2.75, 3.05) is 5.32 Å². The van der Waals surface area contributed by atoms with E-state index in [2.05, 4.69) is 67.6 Å². The highest BCUT2D eigenvalue weighted by molar-refractivity contribution is 9.11. The zero-order valence-electron chi connectivity index (χ0n) is 18.3. The summed E-state index contributed by atoms with van der Waals surface area (Å²) in [6.45, 7) is 2.39. The van der Waals surface area contributed by atoms with E-state index in [1.54, 1.807) is 6.07 Å². The maximum Gasteiger partial charge on any atom is 0.260 e. The number of carbonyl (C=O) groups is 1. The molecular weight excluding hydrogens is 578 g/mol. The summed E-state index contributed by atoms with van der Waals surface area (Å²) < 4.78 is 7.48. The van der Waals surface area contributed by atoms with E-state index in [1.165, 1.54) is 17.3 Å². The highest BCUT2D eigenvalue weighted by atomic mass is 79.9. The van der Waals surface area contributed by atoms with Crippen molar-refractivity contribution in [1.29, 1.82) is 5.26 Å². The lowest BCUT2D eigenvalue weighted by molar-refractivity contribution is -0.116. The van der Waals surface area contributed by atoms with Gasteiger partial charge in [0.15, 0.2) is 5.50 Å². The number of hydrogen-bond donors (Lipinski definition) is 2. The number of benzene rings is 3. The van der Waals surface area contributed by atoms with Crippen LogP contribution in [0.5, 0.6) is 5.75 Å². The zero-order valence-corrected chi connectivity index (χ0v) is 22.3. The molecule has 4 rings (SSSR count). The third kappa shape index (κ3) is 5.84. The van der Waals surface area contributed by atoms with Crippen molar-refractivity contribution >= 4 is 61.3 Å². The number of nitrogens with zero attached hydrogens (tertiary/aromatic N) is 1. The van der Waals surface area contributed by atoms with Crippen LogP contribution >= 0.6 is 43.6 Å². The Morgan fingerprint density at radius 2 is 1.85 bits per heavy atom. The number of amides is 1. The molecule has 0 bridgehead atoms. The van der Waals surface area contributed by atoms with Crippen LogP contribution in [0.4, 0.5) is 5.69 Å². The van der Waals surface area contributed by atoms with E-state index in [-0.39, 0.29) is 18.0 Å². The summed E-state index contributed by atoms with van der Waals surface area (Å²) in [5.74, 6) is 0.516. The maximum absolute atomic E-state index is 12.5. The topological polar surface area (TPSA) is 74.2 Å². The molecule has 1 aliphatic rings. The number of thioether (sulfide) groups is 1. The van der Waals surface area contributed by atoms with Gasteiger partial charge in [-0.25, -0.2) is 0 Å². The van der Waals surface area contributed by atoms with Crippen LogP contribution in [-0.2, 0) is 17.8 Å². The maximum atomic E-state index is 12.5. The van der Waals surface area contributed by atoms with Crippen LogP contribution in [0.3, 0.4) is 0 Å². The number of rotatable bonds is 7. The van der Waals surface area contributed by atoms with Gasteiger partial charge in [-0.15, -0.1) is 0 Å². The summed E-state index contributed by atoms with van der Waals surface area (Å²) in [6, 6.07) is 21.5. The summed E-state index contributed by atoms with van der Waals surface area (Å²) in [4.78, 5) is 13.1. The van der Waals surface area contributed by atoms with E-state index in [0.717, 1.165) is 32.2 Å². The molecule has 0 spiro atoms. The van der Waals surface area contributed by atoms with Gasteiger partial charge in [-0.3, -0.25) is 4.79 Å². The molecule has 3 aromatic rings. The largest absolute Gasteiger partial charge is 0.486 e. The molecule has 3 aromatic carbocycles. The first-order valence-electron chi connectivity index (χ1n) is 10.6. The third-order valence-corrected chi connectivity index (χ3v) is 7.43. The van der Waals surface area contributed by atoms with Gasteiger partial charge in [0.05, 0.1) is 25.5 Å². The summed E-state index contributed by atoms with van der Waals surface area (Å²) in [5, 5.41) is 15.6. The molecule has 2 N–H and O–H groups in total. The molecule has 1 fully saturated rings. The molecule has 8 heteroatoms. The van der Waals surface area contributed by atoms with Crippen molar-refractivity contribution in [3.63, 3.8) is 0 Å². The standard InChI is InChI=1S/C26H21Br2N3O2S/c1-2-16-7-9-20(10-8-16)30-26-31-25(32)23(34-26)13-17-11-21(27)24(22(28)12-17)33-15-19-6-4-3-5-18(19)14-29/h3-13,26,30H,2,15H2,1H3,(H,31,32)/b23-13-/t26-/m0/s1. The summed E-state index contributed by atoms with van der Waals surface area (Å²) in [7, 11) is 0. The van der Waals surface area contributed by atoms with Gasteiger partial charge in [-0.2, -0.15) is 5.26 Å². The van der Waals surface area contributed by atoms with Gasteiger partial charge in [0.25, 0.3) is 5.91 Å². The Morgan fingerprint density at radius 3 is 2.53 bits per heavy atom. The first-order valence-corrected chi connectivity index (χ1v) is 13.1. The Kier molecular flexibility index (Phi) is 7.99. The first-order chi connectivity index (χ1) is 16.5. The smallest absolute Gasteiger partial charge is 0.260 e. The normalized spacial score (nSPS) is 16.2. The van der Waals surface area contributed by atoms with Gasteiger partial charge in [0.1, 0.15) is 12.4 Å². The van der Waals surface area contributed by atoms with Crippen LogP contribution in [0.2, 0.25) is 0 Å². The van der Waals surface area contributed by atoms with Crippen molar-refractivity contribution in [2.45, 2.75) is 25.4 Å². The van der Waals surface area contributed by atoms with E-state index >= 15 is 0 Å². The summed E-state index contributed by atoms with van der Waals surface area (Å²) in [6.07, 6.45) is 2.84. The van der Waals surface area contributed by atoms with Crippen LogP contribution in [0.1, 0.15) is 29.2 Å². The first kappa shape index (κ1) is 24.4. The zero-order chi connectivity index (χ0) is 24.1. The van der Waals surface area contributed by atoms with Gasteiger partial charge >= 0.3 is 0 Å². The van der Waals surface area contributed by atoms with E-state index < -0.39 is 0 Å². The number of ether oxygens (including phenoxy) is 1. The fraction of sp³-hybridized carbons (Fsp3) is 0.154. The van der Waals surface area contributed by atoms with Crippen LogP contribution in [0.25, 0.3) is 6.08 Å². The second kappa shape index (κ2) is 11.1. The fourth-order valence-corrected chi connectivity index (χ4v) is 5.85. The number of halogens is 2. The molecular formula is C26H21Br2N3O2S. The number of carbonyl (C=O) groups excluding carboxylic acids is 1. The number of anilines is 1. The fourth-order valence-electron chi connectivity index (χ4n) is 3.41. The van der Waals surface area contributed by atoms with Gasteiger partial charge in [-0.1, -0.05) is 49.0 Å². The Hall–Kier alpha value is -2.73. The van der Waals surface area contributed by atoms with Crippen molar-refractivity contribution < 1.29 is 9.53 Å². The highest BCUT2D eigenvalue weighted by Crippen LogP contribution is 2.37. The van der Waals surface area contributed by atoms with E-state index in [1.807, 2.05) is 48.5 Å². The molecule has 0 aliphatic carbocycles. The van der Waals surface area contributed by atoms with E-state index in [9.17, 15) is 10.1 Å². The van der Waals surface area contributed by atoms with Gasteiger partial charge < -0.3 is 15.4 Å². The van der Waals surface area contributed by atoms with Crippen LogP contribution < -0.4 is 15.4 Å². The lowest BCUT2D eigenvalue weighted by Gasteiger charge is -2.13. The SMILES string of the molecule is CCc1ccc(N[C@H]2NC(=O)/C(=C/c3cc(Br)c(OCc4ccccc4C#N)c(Br)c3)S2)cc1. The lowest BCUT2D eigenvalue weighted by Crippen LogP contribution is -2.30. The van der Waals surface area contributed by atoms with Crippen molar-refractivity contribution in [1.82, 2.24) is 5.32 Å². The molecule has 34 heavy (non-hydrogen) atoms. The molecule has 5 nitrogen and oxygen atoms in total. The number of hydrogen-bond acceptors (Lipinski definition) is 5. The number of nitrogens with one attached hydrogen (secondary N) is 2. The third-order valence-electron chi connectivity index (χ3n) is 5.22. The van der Waals surface area contributed by atoms with Gasteiger partial charge in [0.2, 0.25) is 0 Å². The van der Waals surface area contributed by atoms with Crippen LogP contribution in [-0.4, -0.2) is 11.4 Å². The van der Waals surface area contributed by atoms with Gasteiger partial charge in [0, 0.05) is 11.3 Å². The van der Waals surface area contributed by atoms with Crippen molar-refractivity contribution in [2.24, 2.45) is 0 Å². The Bertz CT molecular complexity index is 1260. The minimum Gasteiger partial charge on any atom is -0.486 e. The second-order valence-electron chi connectivity index (χ2n) is 7.55. The van der Waals surface area contributed by atoms with Gasteiger partial charge in [-0.05, 0) is 85.8 Å². The highest BCUT2D eigenvalue weighted by Gasteiger charge is 2.27. The number of aryl methyl sites for hydroxylation is 1. The van der Waals surface area contributed by atoms with Crippen LogP contribution in [0, 0.1) is 11.3 Å². The van der Waals surface area contributed by atoms with E-state index in [0.29, 0.717) is 16.2 Å². The summed E-state index contributed by atoms with van der Waals surface area (Å²) >= 11 is 8.58. The Labute approximate surface area is 219 Å². The summed E-state index contributed by atoms with van der Waals surface area (Å²) in [5.41, 5.74) is 4.25. The predicted molar refractivity (Wildman–Crippen MR) is 144 cm³/mol. The number of nitriles is 1. The predicted octanol–water partition coefficient (Wildman–Crippen LogP) is 6.82. The molecule has 1 amide bonds. The minimum atomic E-state index is -0.235. The average Bonchev–Trinajstić information content (AvgIpc) is 3.17. The Balaban J connectivity index is 1.45. The molecule has 0 aromatic heterocycles. The lowest BCUT2D eigenvalue weighted by atomic mass is 10.1. The molecule has 1 aliphatic heterocycles. The minimum absolute atomic E-state index is 0.117. The Morgan fingerprint density at radius 1 is 1.15 bits per heavy atom. The van der Waals surface area contributed by atoms with Crippen molar-refractivity contribution in [3.05, 3.63) is 96.8 Å². The molecule has 0 saturated carbocycles. The average molecular weight is 599 g/mol. The molecule has 1 heterocycles. The van der Waals surface area contributed by atoms with Crippen LogP contribution in [0.15, 0.2) is 74.5 Å². The molecule has 1 saturated heterocycles. The quantitative estimate of drug-likeness (QED) is 0.292.